The number of hydrogen-bond donors (Lipinski definition) is 1. The topological polar surface area (TPSA) is 96.0 Å². The van der Waals surface area contributed by atoms with E-state index >= 15 is 0 Å². The molecule has 2 aromatic rings. The zero-order chi connectivity index (χ0) is 27.4. The SMILES string of the molecule is CC[C@H](C(=O)N[C@@H](C)CC)N(CCc1ccccc1)C(=O)CCCN(c1cccc(OC)c1)S(C)(=O)=O. The van der Waals surface area contributed by atoms with Crippen LogP contribution in [0.2, 0.25) is 0 Å². The maximum absolute atomic E-state index is 13.5. The molecule has 0 saturated carbocycles. The largest absolute Gasteiger partial charge is 0.497 e. The number of benzene rings is 2. The van der Waals surface area contributed by atoms with E-state index in [4.69, 9.17) is 4.74 Å². The summed E-state index contributed by atoms with van der Waals surface area (Å²) in [6.45, 7) is 6.39. The van der Waals surface area contributed by atoms with Crippen molar-refractivity contribution in [2.75, 3.05) is 30.8 Å². The summed E-state index contributed by atoms with van der Waals surface area (Å²) in [5, 5.41) is 3.01. The lowest BCUT2D eigenvalue weighted by Crippen LogP contribution is -2.51. The van der Waals surface area contributed by atoms with Crippen LogP contribution in [0, 0.1) is 0 Å². The molecule has 0 spiro atoms. The molecule has 0 unspecified atom stereocenters. The van der Waals surface area contributed by atoms with Crippen molar-refractivity contribution >= 4 is 27.5 Å². The van der Waals surface area contributed by atoms with Gasteiger partial charge in [-0.05, 0) is 50.3 Å². The highest BCUT2D eigenvalue weighted by atomic mass is 32.2. The molecule has 0 radical (unpaired) electrons. The second-order valence-electron chi connectivity index (χ2n) is 9.20. The third-order valence-electron chi connectivity index (χ3n) is 6.36. The Morgan fingerprint density at radius 3 is 2.30 bits per heavy atom. The van der Waals surface area contributed by atoms with E-state index < -0.39 is 16.1 Å². The van der Waals surface area contributed by atoms with Crippen molar-refractivity contribution in [3.8, 4) is 5.75 Å². The van der Waals surface area contributed by atoms with Gasteiger partial charge < -0.3 is 15.0 Å². The Morgan fingerprint density at radius 2 is 1.70 bits per heavy atom. The number of nitrogens with one attached hydrogen (secondary N) is 1. The van der Waals surface area contributed by atoms with Crippen molar-refractivity contribution in [2.24, 2.45) is 0 Å². The van der Waals surface area contributed by atoms with Crippen LogP contribution < -0.4 is 14.4 Å². The molecule has 2 amide bonds. The summed E-state index contributed by atoms with van der Waals surface area (Å²) in [5.41, 5.74) is 1.56. The third-order valence-corrected chi connectivity index (χ3v) is 7.56. The molecule has 0 heterocycles. The van der Waals surface area contributed by atoms with Crippen molar-refractivity contribution in [1.29, 1.82) is 0 Å². The van der Waals surface area contributed by atoms with Gasteiger partial charge in [0.25, 0.3) is 0 Å². The highest BCUT2D eigenvalue weighted by Crippen LogP contribution is 2.24. The van der Waals surface area contributed by atoms with E-state index in [1.807, 2.05) is 51.1 Å². The van der Waals surface area contributed by atoms with Gasteiger partial charge in [-0.25, -0.2) is 8.42 Å². The molecule has 2 rings (SSSR count). The van der Waals surface area contributed by atoms with E-state index in [0.29, 0.717) is 37.2 Å². The second-order valence-corrected chi connectivity index (χ2v) is 11.1. The van der Waals surface area contributed by atoms with Crippen LogP contribution in [0.5, 0.6) is 5.75 Å². The Balaban J connectivity index is 2.17. The van der Waals surface area contributed by atoms with Gasteiger partial charge in [0.1, 0.15) is 11.8 Å². The minimum atomic E-state index is -3.57. The van der Waals surface area contributed by atoms with Gasteiger partial charge in [-0.15, -0.1) is 0 Å². The molecular formula is C28H41N3O5S. The number of ether oxygens (including phenoxy) is 1. The molecule has 0 bridgehead atoms. The van der Waals surface area contributed by atoms with Crippen molar-refractivity contribution in [3.63, 3.8) is 0 Å². The minimum absolute atomic E-state index is 0.0128. The Kier molecular flexibility index (Phi) is 11.9. The maximum atomic E-state index is 13.5. The quantitative estimate of drug-likeness (QED) is 0.375. The van der Waals surface area contributed by atoms with Gasteiger partial charge in [-0.2, -0.15) is 0 Å². The average molecular weight is 532 g/mol. The van der Waals surface area contributed by atoms with E-state index in [1.54, 1.807) is 29.2 Å². The normalized spacial score (nSPS) is 12.9. The molecule has 0 aliphatic heterocycles. The first-order valence-electron chi connectivity index (χ1n) is 12.9. The number of methoxy groups -OCH3 is 1. The molecule has 0 aromatic heterocycles. The number of sulfonamides is 1. The summed E-state index contributed by atoms with van der Waals surface area (Å²) in [5.74, 6) is 0.223. The fraction of sp³-hybridized carbons (Fsp3) is 0.500. The van der Waals surface area contributed by atoms with Gasteiger partial charge in [-0.3, -0.25) is 13.9 Å². The molecule has 0 aliphatic rings. The predicted octanol–water partition coefficient (Wildman–Crippen LogP) is 4.01. The van der Waals surface area contributed by atoms with Crippen LogP contribution in [0.3, 0.4) is 0 Å². The molecule has 2 aromatic carbocycles. The highest BCUT2D eigenvalue weighted by Gasteiger charge is 2.29. The lowest BCUT2D eigenvalue weighted by atomic mass is 10.1. The summed E-state index contributed by atoms with van der Waals surface area (Å²) in [6, 6.07) is 16.1. The fourth-order valence-electron chi connectivity index (χ4n) is 4.11. The van der Waals surface area contributed by atoms with Crippen molar-refractivity contribution in [2.45, 2.75) is 65.0 Å². The van der Waals surface area contributed by atoms with Crippen LogP contribution in [0.25, 0.3) is 0 Å². The maximum Gasteiger partial charge on any atom is 0.243 e. The number of nitrogens with zero attached hydrogens (tertiary/aromatic N) is 2. The van der Waals surface area contributed by atoms with E-state index in [9.17, 15) is 18.0 Å². The molecule has 8 nitrogen and oxygen atoms in total. The highest BCUT2D eigenvalue weighted by molar-refractivity contribution is 7.92. The first-order chi connectivity index (χ1) is 17.6. The van der Waals surface area contributed by atoms with Gasteiger partial charge in [0.2, 0.25) is 21.8 Å². The third kappa shape index (κ3) is 9.39. The lowest BCUT2D eigenvalue weighted by molar-refractivity contribution is -0.141. The molecule has 0 saturated heterocycles. The number of rotatable bonds is 15. The fourth-order valence-corrected chi connectivity index (χ4v) is 5.06. The summed E-state index contributed by atoms with van der Waals surface area (Å²) in [6.07, 6.45) is 3.49. The molecule has 0 fully saturated rings. The molecule has 0 aliphatic carbocycles. The smallest absolute Gasteiger partial charge is 0.243 e. The number of carbonyl (C=O) groups excluding carboxylic acids is 2. The molecule has 2 atom stereocenters. The van der Waals surface area contributed by atoms with Crippen molar-refractivity contribution in [1.82, 2.24) is 10.2 Å². The van der Waals surface area contributed by atoms with Gasteiger partial charge in [0.15, 0.2) is 0 Å². The zero-order valence-corrected chi connectivity index (χ0v) is 23.5. The van der Waals surface area contributed by atoms with Crippen LogP contribution in [0.1, 0.15) is 52.0 Å². The number of hydrogen-bond acceptors (Lipinski definition) is 5. The van der Waals surface area contributed by atoms with E-state index in [-0.39, 0.29) is 30.8 Å². The molecular weight excluding hydrogens is 490 g/mol. The number of carbonyl (C=O) groups is 2. The van der Waals surface area contributed by atoms with Crippen LogP contribution in [-0.2, 0) is 26.0 Å². The molecule has 37 heavy (non-hydrogen) atoms. The van der Waals surface area contributed by atoms with Crippen LogP contribution in [0.4, 0.5) is 5.69 Å². The van der Waals surface area contributed by atoms with E-state index in [1.165, 1.54) is 11.4 Å². The van der Waals surface area contributed by atoms with Gasteiger partial charge >= 0.3 is 0 Å². The molecule has 204 valence electrons. The summed E-state index contributed by atoms with van der Waals surface area (Å²) < 4.78 is 31.5. The standard InChI is InChI=1S/C28H41N3O5S/c1-6-22(3)29-28(33)26(7-2)30(20-18-23-13-9-8-10-14-23)27(32)17-12-19-31(37(5,34)35)24-15-11-16-25(21-24)36-4/h8-11,13-16,21-22,26H,6-7,12,17-20H2,1-5H3,(H,29,33)/t22-,26+/m0/s1. The number of anilines is 1. The minimum Gasteiger partial charge on any atom is -0.497 e. The summed E-state index contributed by atoms with van der Waals surface area (Å²) in [4.78, 5) is 28.2. The second kappa shape index (κ2) is 14.6. The van der Waals surface area contributed by atoms with Crippen LogP contribution in [-0.4, -0.2) is 63.7 Å². The van der Waals surface area contributed by atoms with Gasteiger partial charge in [0, 0.05) is 31.6 Å². The number of amides is 2. The van der Waals surface area contributed by atoms with E-state index in [2.05, 4.69) is 5.32 Å². The van der Waals surface area contributed by atoms with Crippen LogP contribution in [0.15, 0.2) is 54.6 Å². The summed E-state index contributed by atoms with van der Waals surface area (Å²) in [7, 11) is -2.05. The Morgan fingerprint density at radius 1 is 1.00 bits per heavy atom. The van der Waals surface area contributed by atoms with Gasteiger partial charge in [0.05, 0.1) is 19.1 Å². The van der Waals surface area contributed by atoms with Gasteiger partial charge in [-0.1, -0.05) is 50.2 Å². The molecule has 1 N–H and O–H groups in total. The first-order valence-corrected chi connectivity index (χ1v) is 14.7. The summed E-state index contributed by atoms with van der Waals surface area (Å²) >= 11 is 0. The van der Waals surface area contributed by atoms with Crippen LogP contribution >= 0.6 is 0 Å². The lowest BCUT2D eigenvalue weighted by Gasteiger charge is -2.32. The molecule has 9 heteroatoms. The first kappa shape index (κ1) is 30.2. The zero-order valence-electron chi connectivity index (χ0n) is 22.6. The Labute approximate surface area is 222 Å². The predicted molar refractivity (Wildman–Crippen MR) is 148 cm³/mol. The average Bonchev–Trinajstić information content (AvgIpc) is 2.88. The van der Waals surface area contributed by atoms with Crippen molar-refractivity contribution in [3.05, 3.63) is 60.2 Å². The Bertz CT molecular complexity index is 1110. The van der Waals surface area contributed by atoms with E-state index in [0.717, 1.165) is 18.2 Å². The monoisotopic (exact) mass is 531 g/mol. The van der Waals surface area contributed by atoms with Crippen molar-refractivity contribution < 1.29 is 22.7 Å². The Hall–Kier alpha value is -3.07.